The van der Waals surface area contributed by atoms with Crippen LogP contribution < -0.4 is 0 Å². The second-order valence-electron chi connectivity index (χ2n) is 9.93. The largest absolute Gasteiger partial charge is 0.462 e. The van der Waals surface area contributed by atoms with Crippen molar-refractivity contribution in [3.8, 4) is 0 Å². The standard InChI is InChI=1S/C26H38O6/c1-6-16(3)26(29)32-23-12-15(2)11-19-8-7-17(4)22(25(19)23)10-9-20-13-21(30-18(5)27)14-24(28)31-20/h7-8,11,15-17,20-23,25H,6,9-10,12-14H2,1-5H3/t15-,16?,17-,20+,21+,22-,23-,25-/m0/s1. The first-order valence-corrected chi connectivity index (χ1v) is 12.1. The number of carbonyl (C=O) groups is 3. The quantitative estimate of drug-likeness (QED) is 0.414. The van der Waals surface area contributed by atoms with Crippen LogP contribution in [0.2, 0.25) is 0 Å². The number of ether oxygens (including phenoxy) is 3. The molecule has 2 aliphatic carbocycles. The highest BCUT2D eigenvalue weighted by Gasteiger charge is 2.42. The van der Waals surface area contributed by atoms with Crippen molar-refractivity contribution in [2.75, 3.05) is 0 Å². The normalized spacial score (nSPS) is 35.2. The molecule has 0 aromatic rings. The van der Waals surface area contributed by atoms with Crippen molar-refractivity contribution in [1.29, 1.82) is 0 Å². The number of fused-ring (bicyclic) bond motifs is 1. The first-order chi connectivity index (χ1) is 15.2. The Kier molecular flexibility index (Phi) is 8.18. The van der Waals surface area contributed by atoms with E-state index in [4.69, 9.17) is 14.2 Å². The molecule has 3 aliphatic rings. The maximum atomic E-state index is 12.6. The molecule has 0 amide bonds. The van der Waals surface area contributed by atoms with E-state index in [1.807, 2.05) is 13.8 Å². The Hall–Kier alpha value is -2.11. The monoisotopic (exact) mass is 446 g/mol. The molecule has 0 saturated carbocycles. The van der Waals surface area contributed by atoms with Crippen LogP contribution in [0.15, 0.2) is 23.8 Å². The number of hydrogen-bond donors (Lipinski definition) is 0. The van der Waals surface area contributed by atoms with Gasteiger partial charge in [-0.2, -0.15) is 0 Å². The van der Waals surface area contributed by atoms with Crippen molar-refractivity contribution in [3.63, 3.8) is 0 Å². The molecule has 0 aromatic heterocycles. The van der Waals surface area contributed by atoms with Crippen molar-refractivity contribution < 1.29 is 28.6 Å². The summed E-state index contributed by atoms with van der Waals surface area (Å²) in [5.41, 5.74) is 1.26. The molecule has 1 unspecified atom stereocenters. The van der Waals surface area contributed by atoms with Gasteiger partial charge in [-0.05, 0) is 49.0 Å². The highest BCUT2D eigenvalue weighted by molar-refractivity contribution is 5.73. The number of hydrogen-bond acceptors (Lipinski definition) is 6. The van der Waals surface area contributed by atoms with E-state index >= 15 is 0 Å². The number of esters is 3. The third kappa shape index (κ3) is 6.02. The second-order valence-corrected chi connectivity index (χ2v) is 9.93. The Labute approximate surface area is 191 Å². The van der Waals surface area contributed by atoms with Crippen LogP contribution >= 0.6 is 0 Å². The van der Waals surface area contributed by atoms with E-state index in [1.54, 1.807) is 0 Å². The van der Waals surface area contributed by atoms with Crippen LogP contribution in [-0.4, -0.2) is 36.2 Å². The third-order valence-electron chi connectivity index (χ3n) is 7.25. The van der Waals surface area contributed by atoms with E-state index in [2.05, 4.69) is 32.1 Å². The number of cyclic esters (lactones) is 1. The van der Waals surface area contributed by atoms with Gasteiger partial charge in [0.1, 0.15) is 18.3 Å². The molecule has 0 aromatic carbocycles. The van der Waals surface area contributed by atoms with Crippen molar-refractivity contribution in [2.24, 2.45) is 29.6 Å². The number of allylic oxidation sites excluding steroid dienone is 3. The summed E-state index contributed by atoms with van der Waals surface area (Å²) in [6, 6.07) is 0. The molecule has 1 saturated heterocycles. The van der Waals surface area contributed by atoms with Crippen LogP contribution in [0.3, 0.4) is 0 Å². The summed E-state index contributed by atoms with van der Waals surface area (Å²) in [4.78, 5) is 36.0. The number of carbonyl (C=O) groups excluding carboxylic acids is 3. The fraction of sp³-hybridized carbons (Fsp3) is 0.731. The van der Waals surface area contributed by atoms with E-state index < -0.39 is 6.10 Å². The van der Waals surface area contributed by atoms with Gasteiger partial charge in [-0.1, -0.05) is 45.9 Å². The van der Waals surface area contributed by atoms with Gasteiger partial charge in [0.2, 0.25) is 0 Å². The predicted molar refractivity (Wildman–Crippen MR) is 120 cm³/mol. The molecule has 1 fully saturated rings. The lowest BCUT2D eigenvalue weighted by Crippen LogP contribution is -2.42. The summed E-state index contributed by atoms with van der Waals surface area (Å²) in [6.45, 7) is 9.67. The average Bonchev–Trinajstić information content (AvgIpc) is 2.71. The van der Waals surface area contributed by atoms with Crippen molar-refractivity contribution in [3.05, 3.63) is 23.8 Å². The Balaban J connectivity index is 1.72. The maximum absolute atomic E-state index is 12.6. The summed E-state index contributed by atoms with van der Waals surface area (Å²) in [5.74, 6) is 0.247. The van der Waals surface area contributed by atoms with Crippen molar-refractivity contribution in [2.45, 2.75) is 91.5 Å². The topological polar surface area (TPSA) is 78.9 Å². The summed E-state index contributed by atoms with van der Waals surface area (Å²) in [5, 5.41) is 0. The molecule has 0 spiro atoms. The molecule has 1 heterocycles. The first-order valence-electron chi connectivity index (χ1n) is 12.1. The lowest BCUT2D eigenvalue weighted by molar-refractivity contribution is -0.169. The molecule has 3 rings (SSSR count). The van der Waals surface area contributed by atoms with Gasteiger partial charge in [-0.15, -0.1) is 0 Å². The lowest BCUT2D eigenvalue weighted by Gasteiger charge is -2.43. The highest BCUT2D eigenvalue weighted by atomic mass is 16.6. The summed E-state index contributed by atoms with van der Waals surface area (Å²) < 4.78 is 16.9. The van der Waals surface area contributed by atoms with Gasteiger partial charge in [0, 0.05) is 19.3 Å². The summed E-state index contributed by atoms with van der Waals surface area (Å²) >= 11 is 0. The molecule has 178 valence electrons. The molecule has 0 bridgehead atoms. The molecular weight excluding hydrogens is 408 g/mol. The first kappa shape index (κ1) is 24.5. The van der Waals surface area contributed by atoms with Gasteiger partial charge < -0.3 is 14.2 Å². The summed E-state index contributed by atoms with van der Waals surface area (Å²) in [6.07, 6.45) is 9.78. The Bertz CT molecular complexity index is 766. The van der Waals surface area contributed by atoms with Crippen LogP contribution in [0, 0.1) is 29.6 Å². The van der Waals surface area contributed by atoms with Gasteiger partial charge in [-0.3, -0.25) is 14.4 Å². The molecular formula is C26H38O6. The zero-order chi connectivity index (χ0) is 23.4. The predicted octanol–water partition coefficient (Wildman–Crippen LogP) is 4.77. The van der Waals surface area contributed by atoms with E-state index in [0.29, 0.717) is 30.6 Å². The van der Waals surface area contributed by atoms with Gasteiger partial charge in [0.05, 0.1) is 12.3 Å². The third-order valence-corrected chi connectivity index (χ3v) is 7.25. The smallest absolute Gasteiger partial charge is 0.309 e. The van der Waals surface area contributed by atoms with Crippen molar-refractivity contribution in [1.82, 2.24) is 0 Å². The van der Waals surface area contributed by atoms with Crippen LogP contribution in [0.4, 0.5) is 0 Å². The van der Waals surface area contributed by atoms with E-state index in [0.717, 1.165) is 19.3 Å². The van der Waals surface area contributed by atoms with Gasteiger partial charge >= 0.3 is 17.9 Å². The minimum atomic E-state index is -0.405. The molecule has 0 radical (unpaired) electrons. The van der Waals surface area contributed by atoms with Crippen LogP contribution in [0.25, 0.3) is 0 Å². The van der Waals surface area contributed by atoms with Crippen LogP contribution in [0.5, 0.6) is 0 Å². The van der Waals surface area contributed by atoms with Crippen LogP contribution in [0.1, 0.15) is 73.1 Å². The van der Waals surface area contributed by atoms with E-state index in [1.165, 1.54) is 12.5 Å². The Morgan fingerprint density at radius 2 is 1.94 bits per heavy atom. The van der Waals surface area contributed by atoms with Gasteiger partial charge in [0.25, 0.3) is 0 Å². The fourth-order valence-corrected chi connectivity index (χ4v) is 5.38. The summed E-state index contributed by atoms with van der Waals surface area (Å²) in [7, 11) is 0. The lowest BCUT2D eigenvalue weighted by atomic mass is 9.65. The molecule has 0 N–H and O–H groups in total. The average molecular weight is 447 g/mol. The Morgan fingerprint density at radius 3 is 2.62 bits per heavy atom. The van der Waals surface area contributed by atoms with Crippen molar-refractivity contribution >= 4 is 17.9 Å². The second kappa shape index (κ2) is 10.7. The molecule has 8 atom stereocenters. The van der Waals surface area contributed by atoms with Gasteiger partial charge in [-0.25, -0.2) is 0 Å². The zero-order valence-corrected chi connectivity index (χ0v) is 20.0. The minimum Gasteiger partial charge on any atom is -0.462 e. The zero-order valence-electron chi connectivity index (χ0n) is 20.0. The molecule has 32 heavy (non-hydrogen) atoms. The molecule has 6 heteroatoms. The Morgan fingerprint density at radius 1 is 1.19 bits per heavy atom. The SMILES string of the molecule is CCC(C)C(=O)O[C@H]1C[C@@H](C)C=C2C=C[C@H](C)[C@H](CC[C@@H]3C[C@@H](OC(C)=O)CC(=O)O3)[C@H]21. The van der Waals surface area contributed by atoms with E-state index in [-0.39, 0.29) is 48.4 Å². The fourth-order valence-electron chi connectivity index (χ4n) is 5.38. The van der Waals surface area contributed by atoms with Gasteiger partial charge in [0.15, 0.2) is 0 Å². The highest BCUT2D eigenvalue weighted by Crippen LogP contribution is 2.45. The minimum absolute atomic E-state index is 0.102. The maximum Gasteiger partial charge on any atom is 0.309 e. The molecule has 6 nitrogen and oxygen atoms in total. The number of rotatable bonds is 7. The van der Waals surface area contributed by atoms with E-state index in [9.17, 15) is 14.4 Å². The molecule has 1 aliphatic heterocycles. The van der Waals surface area contributed by atoms with Crippen LogP contribution in [-0.2, 0) is 28.6 Å².